The lowest BCUT2D eigenvalue weighted by molar-refractivity contribution is -0.140. The fraction of sp³-hybridized carbons (Fsp3) is 0.467. The topological polar surface area (TPSA) is 86.6 Å². The molecule has 110 valence electrons. The predicted molar refractivity (Wildman–Crippen MR) is 75.4 cm³/mol. The summed E-state index contributed by atoms with van der Waals surface area (Å²) in [5.74, 6) is -1.67. The van der Waals surface area contributed by atoms with Gasteiger partial charge in [0.1, 0.15) is 6.04 Å². The van der Waals surface area contributed by atoms with Crippen LogP contribution in [0.2, 0.25) is 0 Å². The maximum Gasteiger partial charge on any atom is 0.320 e. The van der Waals surface area contributed by atoms with E-state index in [4.69, 9.17) is 10.2 Å². The van der Waals surface area contributed by atoms with Gasteiger partial charge < -0.3 is 15.5 Å². The molecule has 1 aromatic carbocycles. The van der Waals surface area contributed by atoms with Gasteiger partial charge in [0.15, 0.2) is 0 Å². The van der Waals surface area contributed by atoms with Crippen molar-refractivity contribution in [2.24, 2.45) is 0 Å². The molecule has 0 spiro atoms. The number of benzene rings is 1. The van der Waals surface area contributed by atoms with E-state index >= 15 is 0 Å². The Morgan fingerprint density at radius 2 is 1.75 bits per heavy atom. The Bertz CT molecular complexity index is 419. The van der Waals surface area contributed by atoms with Gasteiger partial charge >= 0.3 is 11.9 Å². The van der Waals surface area contributed by atoms with E-state index in [9.17, 15) is 9.59 Å². The van der Waals surface area contributed by atoms with E-state index in [1.807, 2.05) is 30.3 Å². The highest BCUT2D eigenvalue weighted by Gasteiger charge is 2.15. The highest BCUT2D eigenvalue weighted by Crippen LogP contribution is 2.07. The highest BCUT2D eigenvalue weighted by atomic mass is 16.4. The second kappa shape index (κ2) is 9.09. The van der Waals surface area contributed by atoms with Crippen LogP contribution >= 0.6 is 0 Å². The van der Waals surface area contributed by atoms with E-state index < -0.39 is 18.0 Å². The first-order chi connectivity index (χ1) is 9.59. The molecule has 0 aliphatic rings. The van der Waals surface area contributed by atoms with E-state index in [1.54, 1.807) is 0 Å². The minimum Gasteiger partial charge on any atom is -0.481 e. The van der Waals surface area contributed by atoms with Gasteiger partial charge in [0.2, 0.25) is 0 Å². The van der Waals surface area contributed by atoms with E-state index in [0.29, 0.717) is 25.8 Å². The van der Waals surface area contributed by atoms with Crippen LogP contribution in [-0.4, -0.2) is 28.2 Å². The normalized spacial score (nSPS) is 12.0. The summed E-state index contributed by atoms with van der Waals surface area (Å²) >= 11 is 0. The van der Waals surface area contributed by atoms with E-state index in [0.717, 1.165) is 12.0 Å². The Hall–Kier alpha value is -1.88. The van der Waals surface area contributed by atoms with Gasteiger partial charge in [0.05, 0.1) is 0 Å². The molecule has 20 heavy (non-hydrogen) atoms. The second-order valence-electron chi connectivity index (χ2n) is 4.75. The van der Waals surface area contributed by atoms with Gasteiger partial charge in [-0.1, -0.05) is 43.2 Å². The van der Waals surface area contributed by atoms with Crippen molar-refractivity contribution in [3.8, 4) is 0 Å². The number of carboxylic acid groups (broad SMARTS) is 2. The third kappa shape index (κ3) is 6.89. The first-order valence-corrected chi connectivity index (χ1v) is 6.81. The molecule has 0 saturated carbocycles. The van der Waals surface area contributed by atoms with Crippen molar-refractivity contribution in [3.05, 3.63) is 35.9 Å². The summed E-state index contributed by atoms with van der Waals surface area (Å²) in [6, 6.07) is 9.05. The quantitative estimate of drug-likeness (QED) is 0.572. The van der Waals surface area contributed by atoms with Crippen molar-refractivity contribution >= 4 is 11.9 Å². The number of hydrogen-bond acceptors (Lipinski definition) is 3. The molecule has 5 nitrogen and oxygen atoms in total. The van der Waals surface area contributed by atoms with Gasteiger partial charge in [-0.2, -0.15) is 0 Å². The zero-order chi connectivity index (χ0) is 14.8. The first kappa shape index (κ1) is 16.2. The maximum atomic E-state index is 11.1. The third-order valence-electron chi connectivity index (χ3n) is 3.08. The smallest absolute Gasteiger partial charge is 0.320 e. The van der Waals surface area contributed by atoms with Crippen LogP contribution in [0, 0.1) is 0 Å². The predicted octanol–water partition coefficient (Wildman–Crippen LogP) is 2.26. The average molecular weight is 279 g/mol. The summed E-state index contributed by atoms with van der Waals surface area (Å²) in [6.07, 6.45) is 2.71. The summed E-state index contributed by atoms with van der Waals surface area (Å²) in [6.45, 7) is 0.521. The Morgan fingerprint density at radius 3 is 2.35 bits per heavy atom. The van der Waals surface area contributed by atoms with E-state index in [2.05, 4.69) is 5.32 Å². The molecule has 0 aliphatic carbocycles. The van der Waals surface area contributed by atoms with Crippen molar-refractivity contribution in [2.75, 3.05) is 0 Å². The highest BCUT2D eigenvalue weighted by molar-refractivity contribution is 5.73. The van der Waals surface area contributed by atoms with Gasteiger partial charge in [-0.15, -0.1) is 0 Å². The van der Waals surface area contributed by atoms with Gasteiger partial charge in [-0.25, -0.2) is 0 Å². The molecule has 1 unspecified atom stereocenters. The molecule has 0 amide bonds. The van der Waals surface area contributed by atoms with Crippen LogP contribution in [0.15, 0.2) is 30.3 Å². The molecule has 1 atom stereocenters. The molecule has 1 rings (SSSR count). The molecular formula is C15H21NO4. The number of carboxylic acids is 2. The molecule has 3 N–H and O–H groups in total. The minimum atomic E-state index is -0.862. The molecule has 0 bridgehead atoms. The maximum absolute atomic E-state index is 11.1. The van der Waals surface area contributed by atoms with Crippen LogP contribution in [0.3, 0.4) is 0 Å². The van der Waals surface area contributed by atoms with Crippen LogP contribution in [0.4, 0.5) is 0 Å². The molecule has 0 heterocycles. The number of aliphatic carboxylic acids is 2. The van der Waals surface area contributed by atoms with E-state index in [-0.39, 0.29) is 6.42 Å². The monoisotopic (exact) mass is 279 g/mol. The number of nitrogens with one attached hydrogen (secondary N) is 1. The summed E-state index contributed by atoms with van der Waals surface area (Å²) in [7, 11) is 0. The molecule has 0 fully saturated rings. The molecule has 1 aromatic rings. The zero-order valence-corrected chi connectivity index (χ0v) is 11.4. The molecule has 0 aliphatic heterocycles. The molecule has 0 aromatic heterocycles. The fourth-order valence-electron chi connectivity index (χ4n) is 1.95. The lowest BCUT2D eigenvalue weighted by Gasteiger charge is -2.14. The Labute approximate surface area is 118 Å². The fourth-order valence-corrected chi connectivity index (χ4v) is 1.95. The Morgan fingerprint density at radius 1 is 1.05 bits per heavy atom. The Kier molecular flexibility index (Phi) is 7.35. The standard InChI is InChI=1S/C15H21NO4/c17-14(18)10-6-2-5-9-13(15(19)20)16-11-12-7-3-1-4-8-12/h1,3-4,7-8,13,16H,2,5-6,9-11H2,(H,17,18)(H,19,20). The van der Waals surface area contributed by atoms with E-state index in [1.165, 1.54) is 0 Å². The minimum absolute atomic E-state index is 0.148. The number of carbonyl (C=O) groups is 2. The summed E-state index contributed by atoms with van der Waals surface area (Å²) in [4.78, 5) is 21.5. The lowest BCUT2D eigenvalue weighted by atomic mass is 10.1. The lowest BCUT2D eigenvalue weighted by Crippen LogP contribution is -2.36. The van der Waals surface area contributed by atoms with Gasteiger partial charge in [-0.05, 0) is 18.4 Å². The summed E-state index contributed by atoms with van der Waals surface area (Å²) in [5, 5.41) is 20.7. The first-order valence-electron chi connectivity index (χ1n) is 6.81. The van der Waals surface area contributed by atoms with Crippen molar-refractivity contribution in [3.63, 3.8) is 0 Å². The summed E-state index contributed by atoms with van der Waals surface area (Å²) in [5.41, 5.74) is 1.05. The average Bonchev–Trinajstić information content (AvgIpc) is 2.42. The molecule has 5 heteroatoms. The van der Waals surface area contributed by atoms with Crippen LogP contribution in [0.5, 0.6) is 0 Å². The number of hydrogen-bond donors (Lipinski definition) is 3. The van der Waals surface area contributed by atoms with Crippen molar-refractivity contribution in [2.45, 2.75) is 44.7 Å². The number of rotatable bonds is 10. The largest absolute Gasteiger partial charge is 0.481 e. The molecular weight excluding hydrogens is 258 g/mol. The summed E-state index contributed by atoms with van der Waals surface area (Å²) < 4.78 is 0. The zero-order valence-electron chi connectivity index (χ0n) is 11.4. The third-order valence-corrected chi connectivity index (χ3v) is 3.08. The Balaban J connectivity index is 2.26. The van der Waals surface area contributed by atoms with Crippen LogP contribution in [0.1, 0.15) is 37.7 Å². The molecule has 0 saturated heterocycles. The van der Waals surface area contributed by atoms with Crippen molar-refractivity contribution in [1.29, 1.82) is 0 Å². The van der Waals surface area contributed by atoms with Gasteiger partial charge in [0, 0.05) is 13.0 Å². The van der Waals surface area contributed by atoms with Crippen LogP contribution in [0.25, 0.3) is 0 Å². The van der Waals surface area contributed by atoms with Gasteiger partial charge in [0.25, 0.3) is 0 Å². The SMILES string of the molecule is O=C(O)CCCCCC(NCc1ccccc1)C(=O)O. The van der Waals surface area contributed by atoms with Crippen molar-refractivity contribution < 1.29 is 19.8 Å². The van der Waals surface area contributed by atoms with Crippen LogP contribution in [-0.2, 0) is 16.1 Å². The van der Waals surface area contributed by atoms with Crippen molar-refractivity contribution in [1.82, 2.24) is 5.32 Å². The van der Waals surface area contributed by atoms with Gasteiger partial charge in [-0.3, -0.25) is 9.59 Å². The second-order valence-corrected chi connectivity index (χ2v) is 4.75. The number of unbranched alkanes of at least 4 members (excludes halogenated alkanes) is 2. The molecule has 0 radical (unpaired) electrons. The van der Waals surface area contributed by atoms with Crippen LogP contribution < -0.4 is 5.32 Å².